The molecule has 1 aliphatic rings. The van der Waals surface area contributed by atoms with Gasteiger partial charge >= 0.3 is 0 Å². The smallest absolute Gasteiger partial charge is 0.254 e. The van der Waals surface area contributed by atoms with Gasteiger partial charge in [0.1, 0.15) is 10.8 Å². The van der Waals surface area contributed by atoms with Crippen molar-refractivity contribution in [1.29, 1.82) is 0 Å². The van der Waals surface area contributed by atoms with E-state index in [1.807, 2.05) is 55.1 Å². The van der Waals surface area contributed by atoms with Crippen molar-refractivity contribution in [2.24, 2.45) is 5.41 Å². The van der Waals surface area contributed by atoms with Gasteiger partial charge in [-0.1, -0.05) is 20.8 Å². The number of hydrogen-bond donors (Lipinski definition) is 1. The van der Waals surface area contributed by atoms with E-state index in [2.05, 4.69) is 5.32 Å². The molecule has 1 N–H and O–H groups in total. The van der Waals surface area contributed by atoms with Gasteiger partial charge in [0.2, 0.25) is 0 Å². The van der Waals surface area contributed by atoms with Crippen LogP contribution in [0.5, 0.6) is 0 Å². The lowest BCUT2D eigenvalue weighted by molar-refractivity contribution is -0.126. The molecule has 110 valence electrons. The summed E-state index contributed by atoms with van der Waals surface area (Å²) in [7, 11) is 0. The number of Topliss-reactive ketones (excluding diaryl/α,β-unsaturated/α-hetero) is 1. The molecule has 0 aliphatic carbocycles. The molecule has 0 fully saturated rings. The second-order valence-electron chi connectivity index (χ2n) is 6.35. The highest BCUT2D eigenvalue weighted by Gasteiger charge is 2.31. The zero-order chi connectivity index (χ0) is 15.2. The predicted octanol–water partition coefficient (Wildman–Crippen LogP) is 3.33. The van der Waals surface area contributed by atoms with Crippen molar-refractivity contribution in [3.8, 4) is 5.00 Å². The molecule has 0 aromatic carbocycles. The summed E-state index contributed by atoms with van der Waals surface area (Å²) >= 11 is 1.53. The van der Waals surface area contributed by atoms with E-state index in [1.165, 1.54) is 11.3 Å². The molecule has 0 bridgehead atoms. The average molecular weight is 302 g/mol. The maximum atomic E-state index is 12.3. The summed E-state index contributed by atoms with van der Waals surface area (Å²) in [5.74, 6) is 0.0347. The van der Waals surface area contributed by atoms with Gasteiger partial charge in [0.25, 0.3) is 5.91 Å². The largest absolute Gasteiger partial charge is 0.343 e. The predicted molar refractivity (Wildman–Crippen MR) is 82.9 cm³/mol. The van der Waals surface area contributed by atoms with Crippen LogP contribution in [0.4, 0.5) is 0 Å². The summed E-state index contributed by atoms with van der Waals surface area (Å²) in [4.78, 5) is 24.7. The first kappa shape index (κ1) is 14.1. The number of hydrogen-bond acceptors (Lipinski definition) is 3. The summed E-state index contributed by atoms with van der Waals surface area (Å²) in [5.41, 5.74) is 1.23. The van der Waals surface area contributed by atoms with E-state index in [9.17, 15) is 9.59 Å². The number of carbonyl (C=O) groups excluding carboxylic acids is 2. The molecule has 1 unspecified atom stereocenters. The number of rotatable bonds is 2. The summed E-state index contributed by atoms with van der Waals surface area (Å²) in [6, 6.07) is 5.46. The third kappa shape index (κ3) is 2.42. The van der Waals surface area contributed by atoms with Gasteiger partial charge in [-0.3, -0.25) is 9.59 Å². The van der Waals surface area contributed by atoms with Gasteiger partial charge in [0, 0.05) is 23.7 Å². The van der Waals surface area contributed by atoms with Gasteiger partial charge in [0.15, 0.2) is 0 Å². The van der Waals surface area contributed by atoms with Crippen molar-refractivity contribution in [1.82, 2.24) is 9.88 Å². The van der Waals surface area contributed by atoms with Gasteiger partial charge in [-0.25, -0.2) is 0 Å². The maximum absolute atomic E-state index is 12.3. The van der Waals surface area contributed by atoms with Crippen LogP contribution in [0.25, 0.3) is 5.00 Å². The molecule has 0 radical (unpaired) electrons. The zero-order valence-electron chi connectivity index (χ0n) is 12.3. The minimum Gasteiger partial charge on any atom is -0.343 e. The molecule has 0 spiro atoms. The number of amides is 1. The van der Waals surface area contributed by atoms with Crippen LogP contribution >= 0.6 is 11.3 Å². The van der Waals surface area contributed by atoms with Crippen LogP contribution in [0.2, 0.25) is 0 Å². The molecule has 21 heavy (non-hydrogen) atoms. The first-order chi connectivity index (χ1) is 9.88. The number of carbonyl (C=O) groups is 2. The van der Waals surface area contributed by atoms with E-state index in [-0.39, 0.29) is 17.7 Å². The molecule has 3 rings (SSSR count). The monoisotopic (exact) mass is 302 g/mol. The summed E-state index contributed by atoms with van der Waals surface area (Å²) in [6.07, 6.45) is 2.26. The van der Waals surface area contributed by atoms with Crippen LogP contribution in [-0.4, -0.2) is 16.3 Å². The van der Waals surface area contributed by atoms with E-state index >= 15 is 0 Å². The van der Waals surface area contributed by atoms with Crippen molar-refractivity contribution in [3.05, 3.63) is 41.0 Å². The van der Waals surface area contributed by atoms with Gasteiger partial charge in [-0.2, -0.15) is 0 Å². The quantitative estimate of drug-likeness (QED) is 0.925. The van der Waals surface area contributed by atoms with E-state index in [1.54, 1.807) is 0 Å². The zero-order valence-corrected chi connectivity index (χ0v) is 13.2. The van der Waals surface area contributed by atoms with Crippen LogP contribution in [-0.2, 0) is 4.79 Å². The van der Waals surface area contributed by atoms with E-state index in [0.717, 1.165) is 10.7 Å². The minimum atomic E-state index is -0.404. The van der Waals surface area contributed by atoms with Crippen molar-refractivity contribution >= 4 is 23.0 Å². The highest BCUT2D eigenvalue weighted by molar-refractivity contribution is 7.13. The van der Waals surface area contributed by atoms with Crippen molar-refractivity contribution in [2.75, 3.05) is 0 Å². The Balaban J connectivity index is 2.00. The van der Waals surface area contributed by atoms with Gasteiger partial charge in [0.05, 0.1) is 11.6 Å². The van der Waals surface area contributed by atoms with Crippen LogP contribution in [0.15, 0.2) is 29.8 Å². The SMILES string of the molecule is CC(C)(C)C(=O)CC1NC(=O)c2ccsc2-n2cccc21. The molecule has 3 heterocycles. The third-order valence-corrected chi connectivity index (χ3v) is 4.69. The number of nitrogens with one attached hydrogen (secondary N) is 1. The standard InChI is InChI=1S/C16H18N2O2S/c1-16(2,3)13(19)9-11-12-5-4-7-18(12)15-10(6-8-21-15)14(20)17-11/h4-8,11H,9H2,1-3H3,(H,17,20). The molecule has 0 saturated heterocycles. The number of fused-ring (bicyclic) bond motifs is 3. The molecular weight excluding hydrogens is 284 g/mol. The topological polar surface area (TPSA) is 51.1 Å². The highest BCUT2D eigenvalue weighted by Crippen LogP contribution is 2.32. The highest BCUT2D eigenvalue weighted by atomic mass is 32.1. The van der Waals surface area contributed by atoms with Crippen molar-refractivity contribution in [2.45, 2.75) is 33.2 Å². The number of ketones is 1. The fourth-order valence-corrected chi connectivity index (χ4v) is 3.38. The van der Waals surface area contributed by atoms with Gasteiger partial charge in [-0.05, 0) is 23.6 Å². The fourth-order valence-electron chi connectivity index (χ4n) is 2.48. The molecule has 2 aromatic heterocycles. The minimum absolute atomic E-state index is 0.110. The maximum Gasteiger partial charge on any atom is 0.254 e. The Hall–Kier alpha value is -1.88. The molecule has 1 aliphatic heterocycles. The normalized spacial score (nSPS) is 17.7. The molecule has 1 amide bonds. The second-order valence-corrected chi connectivity index (χ2v) is 7.24. The first-order valence-corrected chi connectivity index (χ1v) is 7.85. The second kappa shape index (κ2) is 4.84. The summed E-state index contributed by atoms with van der Waals surface area (Å²) < 4.78 is 2.01. The molecule has 1 atom stereocenters. The Kier molecular flexibility index (Phi) is 3.24. The van der Waals surface area contributed by atoms with E-state index in [4.69, 9.17) is 0 Å². The number of thiophene rings is 1. The van der Waals surface area contributed by atoms with Gasteiger partial charge < -0.3 is 9.88 Å². The van der Waals surface area contributed by atoms with Gasteiger partial charge in [-0.15, -0.1) is 11.3 Å². The Morgan fingerprint density at radius 2 is 2.14 bits per heavy atom. The molecule has 5 heteroatoms. The number of nitrogens with zero attached hydrogens (tertiary/aromatic N) is 1. The molecule has 0 saturated carbocycles. The lowest BCUT2D eigenvalue weighted by Crippen LogP contribution is -2.32. The van der Waals surface area contributed by atoms with Crippen molar-refractivity contribution < 1.29 is 9.59 Å². The molecular formula is C16H18N2O2S. The van der Waals surface area contributed by atoms with Crippen LogP contribution in [0.3, 0.4) is 0 Å². The van der Waals surface area contributed by atoms with Crippen LogP contribution in [0.1, 0.15) is 49.3 Å². The fraction of sp³-hybridized carbons (Fsp3) is 0.375. The lowest BCUT2D eigenvalue weighted by Gasteiger charge is -2.22. The van der Waals surface area contributed by atoms with Crippen LogP contribution < -0.4 is 5.32 Å². The average Bonchev–Trinajstić information content (AvgIpc) is 3.03. The van der Waals surface area contributed by atoms with E-state index < -0.39 is 5.41 Å². The Morgan fingerprint density at radius 1 is 1.38 bits per heavy atom. The molecule has 4 nitrogen and oxygen atoms in total. The number of aromatic nitrogens is 1. The van der Waals surface area contributed by atoms with Crippen LogP contribution in [0, 0.1) is 5.41 Å². The van der Waals surface area contributed by atoms with E-state index in [0.29, 0.717) is 12.0 Å². The Morgan fingerprint density at radius 3 is 2.86 bits per heavy atom. The molecule has 2 aromatic rings. The lowest BCUT2D eigenvalue weighted by atomic mass is 9.86. The first-order valence-electron chi connectivity index (χ1n) is 6.97. The van der Waals surface area contributed by atoms with Crippen molar-refractivity contribution in [3.63, 3.8) is 0 Å². The summed E-state index contributed by atoms with van der Waals surface area (Å²) in [5, 5.41) is 5.82. The third-order valence-electron chi connectivity index (χ3n) is 3.78. The Bertz CT molecular complexity index is 706. The summed E-state index contributed by atoms with van der Waals surface area (Å²) in [6.45, 7) is 5.72. The Labute approximate surface area is 127 Å².